The smallest absolute Gasteiger partial charge is 0.123 e. The lowest BCUT2D eigenvalue weighted by molar-refractivity contribution is 0.882. The summed E-state index contributed by atoms with van der Waals surface area (Å²) in [7, 11) is 0. The molecule has 1 aromatic heterocycles. The van der Waals surface area contributed by atoms with Crippen LogP contribution in [0.4, 0.5) is 11.5 Å². The number of nitrogens with two attached hydrogens (primary N) is 1. The predicted octanol–water partition coefficient (Wildman–Crippen LogP) is 3.15. The molecule has 0 aliphatic carbocycles. The molecule has 88 valence electrons. The Morgan fingerprint density at radius 1 is 1.12 bits per heavy atom. The fraction of sp³-hybridized carbons (Fsp3) is 0.214. The molecule has 3 N–H and O–H groups in total. The van der Waals surface area contributed by atoms with E-state index in [1.807, 2.05) is 6.07 Å². The zero-order valence-electron chi connectivity index (χ0n) is 10.1. The van der Waals surface area contributed by atoms with Gasteiger partial charge in [-0.05, 0) is 31.5 Å². The van der Waals surface area contributed by atoms with Crippen LogP contribution < -0.4 is 11.1 Å². The van der Waals surface area contributed by atoms with Crippen molar-refractivity contribution in [3.05, 3.63) is 53.7 Å². The second-order valence-electron chi connectivity index (χ2n) is 4.25. The van der Waals surface area contributed by atoms with Crippen molar-refractivity contribution in [3.8, 4) is 0 Å². The van der Waals surface area contributed by atoms with Crippen molar-refractivity contribution in [2.24, 2.45) is 0 Å². The van der Waals surface area contributed by atoms with E-state index >= 15 is 0 Å². The minimum absolute atomic E-state index is 0.251. The van der Waals surface area contributed by atoms with Crippen LogP contribution in [0.15, 0.2) is 42.6 Å². The number of rotatable bonds is 3. The second kappa shape index (κ2) is 4.87. The van der Waals surface area contributed by atoms with Crippen molar-refractivity contribution in [3.63, 3.8) is 0 Å². The Hall–Kier alpha value is -2.03. The summed E-state index contributed by atoms with van der Waals surface area (Å²) in [6, 6.07) is 12.5. The van der Waals surface area contributed by atoms with E-state index < -0.39 is 0 Å². The molecule has 2 aromatic rings. The summed E-state index contributed by atoms with van der Waals surface area (Å²) in [5.41, 5.74) is 9.06. The highest BCUT2D eigenvalue weighted by Gasteiger charge is 2.04. The van der Waals surface area contributed by atoms with Crippen LogP contribution in [0, 0.1) is 6.92 Å². The highest BCUT2D eigenvalue weighted by Crippen LogP contribution is 2.19. The lowest BCUT2D eigenvalue weighted by Gasteiger charge is -2.15. The summed E-state index contributed by atoms with van der Waals surface area (Å²) in [4.78, 5) is 4.06. The third-order valence-corrected chi connectivity index (χ3v) is 2.75. The van der Waals surface area contributed by atoms with Gasteiger partial charge in [0.05, 0.1) is 11.9 Å². The number of nitrogens with zero attached hydrogens (tertiary/aromatic N) is 1. The Morgan fingerprint density at radius 3 is 2.41 bits per heavy atom. The zero-order chi connectivity index (χ0) is 12.3. The molecule has 0 saturated carbocycles. The normalized spacial score (nSPS) is 12.1. The number of nitrogen functional groups attached to an aromatic ring is 1. The van der Waals surface area contributed by atoms with E-state index in [2.05, 4.69) is 48.4 Å². The van der Waals surface area contributed by atoms with Gasteiger partial charge in [-0.25, -0.2) is 4.98 Å². The molecule has 0 saturated heterocycles. The predicted molar refractivity (Wildman–Crippen MR) is 71.9 cm³/mol. The molecule has 0 amide bonds. The molecule has 0 fully saturated rings. The third-order valence-electron chi connectivity index (χ3n) is 2.75. The molecular formula is C14H17N3. The minimum Gasteiger partial charge on any atom is -0.384 e. The van der Waals surface area contributed by atoms with Crippen LogP contribution in [0.5, 0.6) is 0 Å². The first-order chi connectivity index (χ1) is 8.15. The number of hydrogen-bond donors (Lipinski definition) is 2. The van der Waals surface area contributed by atoms with Crippen molar-refractivity contribution in [1.82, 2.24) is 4.98 Å². The van der Waals surface area contributed by atoms with E-state index in [1.54, 1.807) is 12.3 Å². The van der Waals surface area contributed by atoms with Gasteiger partial charge in [-0.3, -0.25) is 0 Å². The van der Waals surface area contributed by atoms with E-state index in [0.717, 1.165) is 5.69 Å². The van der Waals surface area contributed by atoms with Crippen molar-refractivity contribution >= 4 is 11.5 Å². The van der Waals surface area contributed by atoms with Gasteiger partial charge < -0.3 is 11.1 Å². The molecule has 1 aromatic carbocycles. The summed E-state index contributed by atoms with van der Waals surface area (Å²) in [6.45, 7) is 4.22. The minimum atomic E-state index is 0.251. The Bertz CT molecular complexity index is 474. The Kier molecular flexibility index (Phi) is 3.28. The highest BCUT2D eigenvalue weighted by molar-refractivity contribution is 5.47. The maximum Gasteiger partial charge on any atom is 0.123 e. The van der Waals surface area contributed by atoms with Gasteiger partial charge in [0, 0.05) is 6.04 Å². The molecule has 0 aliphatic heterocycles. The third kappa shape index (κ3) is 2.97. The van der Waals surface area contributed by atoms with Gasteiger partial charge in [0.1, 0.15) is 5.82 Å². The number of aryl methyl sites for hydroxylation is 1. The van der Waals surface area contributed by atoms with E-state index in [-0.39, 0.29) is 6.04 Å². The van der Waals surface area contributed by atoms with Gasteiger partial charge in [0.15, 0.2) is 0 Å². The molecule has 1 heterocycles. The van der Waals surface area contributed by atoms with Crippen LogP contribution in [-0.2, 0) is 0 Å². The summed E-state index contributed by atoms with van der Waals surface area (Å²) in [5.74, 6) is 0.540. The Morgan fingerprint density at radius 2 is 1.82 bits per heavy atom. The topological polar surface area (TPSA) is 50.9 Å². The zero-order valence-corrected chi connectivity index (χ0v) is 10.1. The first kappa shape index (κ1) is 11.5. The molecule has 0 bridgehead atoms. The largest absolute Gasteiger partial charge is 0.384 e. The maximum atomic E-state index is 5.55. The van der Waals surface area contributed by atoms with Gasteiger partial charge in [-0.15, -0.1) is 0 Å². The van der Waals surface area contributed by atoms with Gasteiger partial charge in [0.2, 0.25) is 0 Å². The van der Waals surface area contributed by atoms with Crippen LogP contribution in [0.1, 0.15) is 24.1 Å². The van der Waals surface area contributed by atoms with Crippen LogP contribution in [0.25, 0.3) is 0 Å². The van der Waals surface area contributed by atoms with Crippen molar-refractivity contribution in [2.45, 2.75) is 19.9 Å². The standard InChI is InChI=1S/C14H17N3/c1-10-3-5-12(6-4-10)11(2)17-13-7-8-14(15)16-9-13/h3-9,11,17H,1-2H3,(H2,15,16). The van der Waals surface area contributed by atoms with Crippen LogP contribution in [-0.4, -0.2) is 4.98 Å². The molecular weight excluding hydrogens is 210 g/mol. The molecule has 17 heavy (non-hydrogen) atoms. The molecule has 0 aliphatic rings. The van der Waals surface area contributed by atoms with Crippen LogP contribution >= 0.6 is 0 Å². The lowest BCUT2D eigenvalue weighted by Crippen LogP contribution is -2.06. The molecule has 3 nitrogen and oxygen atoms in total. The average molecular weight is 227 g/mol. The summed E-state index contributed by atoms with van der Waals surface area (Å²) < 4.78 is 0. The van der Waals surface area contributed by atoms with E-state index in [4.69, 9.17) is 5.73 Å². The number of hydrogen-bond acceptors (Lipinski definition) is 3. The number of benzene rings is 1. The van der Waals surface area contributed by atoms with Crippen molar-refractivity contribution in [1.29, 1.82) is 0 Å². The van der Waals surface area contributed by atoms with Gasteiger partial charge in [-0.2, -0.15) is 0 Å². The fourth-order valence-electron chi connectivity index (χ4n) is 1.68. The first-order valence-corrected chi connectivity index (χ1v) is 5.70. The molecule has 0 spiro atoms. The highest BCUT2D eigenvalue weighted by atomic mass is 14.9. The molecule has 2 rings (SSSR count). The number of nitrogens with one attached hydrogen (secondary N) is 1. The summed E-state index contributed by atoms with van der Waals surface area (Å²) in [5, 5.41) is 3.39. The quantitative estimate of drug-likeness (QED) is 0.847. The van der Waals surface area contributed by atoms with Crippen molar-refractivity contribution < 1.29 is 0 Å². The maximum absolute atomic E-state index is 5.55. The van der Waals surface area contributed by atoms with Crippen molar-refractivity contribution in [2.75, 3.05) is 11.1 Å². The monoisotopic (exact) mass is 227 g/mol. The first-order valence-electron chi connectivity index (χ1n) is 5.70. The molecule has 0 radical (unpaired) electrons. The summed E-state index contributed by atoms with van der Waals surface area (Å²) >= 11 is 0. The van der Waals surface area contributed by atoms with Gasteiger partial charge in [-0.1, -0.05) is 29.8 Å². The molecule has 1 unspecified atom stereocenters. The van der Waals surface area contributed by atoms with E-state index in [0.29, 0.717) is 5.82 Å². The second-order valence-corrected chi connectivity index (χ2v) is 4.25. The summed E-state index contributed by atoms with van der Waals surface area (Å²) in [6.07, 6.45) is 1.75. The van der Waals surface area contributed by atoms with Gasteiger partial charge >= 0.3 is 0 Å². The number of aromatic nitrogens is 1. The SMILES string of the molecule is Cc1ccc(C(C)Nc2ccc(N)nc2)cc1. The number of anilines is 2. The van der Waals surface area contributed by atoms with Crippen LogP contribution in [0.3, 0.4) is 0 Å². The number of pyridine rings is 1. The van der Waals surface area contributed by atoms with E-state index in [9.17, 15) is 0 Å². The fourth-order valence-corrected chi connectivity index (χ4v) is 1.68. The lowest BCUT2D eigenvalue weighted by atomic mass is 10.1. The van der Waals surface area contributed by atoms with E-state index in [1.165, 1.54) is 11.1 Å². The Labute approximate surface area is 102 Å². The van der Waals surface area contributed by atoms with Crippen LogP contribution in [0.2, 0.25) is 0 Å². The molecule has 1 atom stereocenters. The average Bonchev–Trinajstić information content (AvgIpc) is 2.33. The van der Waals surface area contributed by atoms with Gasteiger partial charge in [0.25, 0.3) is 0 Å². The molecule has 3 heteroatoms. The Balaban J connectivity index is 2.08.